The molecule has 0 radical (unpaired) electrons. The quantitative estimate of drug-likeness (QED) is 0.727. The SMILES string of the molecule is CC(C)c1cc(C(C)C)c([C@H](C)NCC#N)c(C(C)C)c1. The molecule has 0 saturated heterocycles. The van der Waals surface area contributed by atoms with Crippen molar-refractivity contribution in [3.8, 4) is 6.07 Å². The number of nitriles is 1. The molecule has 1 N–H and O–H groups in total. The summed E-state index contributed by atoms with van der Waals surface area (Å²) in [5, 5.41) is 12.2. The van der Waals surface area contributed by atoms with Gasteiger partial charge in [-0.25, -0.2) is 0 Å². The summed E-state index contributed by atoms with van der Waals surface area (Å²) in [6, 6.07) is 7.12. The highest BCUT2D eigenvalue weighted by Crippen LogP contribution is 2.35. The molecule has 0 aliphatic carbocycles. The van der Waals surface area contributed by atoms with Gasteiger partial charge in [-0.15, -0.1) is 0 Å². The van der Waals surface area contributed by atoms with Gasteiger partial charge in [-0.2, -0.15) is 5.26 Å². The molecule has 116 valence electrons. The molecule has 1 aromatic carbocycles. The largest absolute Gasteiger partial charge is 0.298 e. The molecule has 0 saturated carbocycles. The molecule has 2 nitrogen and oxygen atoms in total. The number of hydrogen-bond donors (Lipinski definition) is 1. The lowest BCUT2D eigenvalue weighted by molar-refractivity contribution is 0.596. The zero-order chi connectivity index (χ0) is 16.2. The molecule has 0 unspecified atom stereocenters. The second-order valence-electron chi connectivity index (χ2n) is 6.84. The van der Waals surface area contributed by atoms with Gasteiger partial charge in [-0.05, 0) is 46.9 Å². The van der Waals surface area contributed by atoms with Crippen LogP contribution in [0.4, 0.5) is 0 Å². The van der Waals surface area contributed by atoms with Gasteiger partial charge in [0.25, 0.3) is 0 Å². The standard InChI is InChI=1S/C19H30N2/c1-12(2)16-10-17(13(3)4)19(15(7)21-9-8-20)18(11-16)14(5)6/h10-15,21H,9H2,1-7H3/t15-/m0/s1. The highest BCUT2D eigenvalue weighted by atomic mass is 14.9. The van der Waals surface area contributed by atoms with Crippen molar-refractivity contribution in [3.05, 3.63) is 34.4 Å². The molecule has 0 fully saturated rings. The van der Waals surface area contributed by atoms with Crippen LogP contribution in [0.2, 0.25) is 0 Å². The predicted molar refractivity (Wildman–Crippen MR) is 90.7 cm³/mol. The summed E-state index contributed by atoms with van der Waals surface area (Å²) in [6.45, 7) is 16.1. The second-order valence-corrected chi connectivity index (χ2v) is 6.84. The van der Waals surface area contributed by atoms with E-state index in [0.29, 0.717) is 24.3 Å². The fraction of sp³-hybridized carbons (Fsp3) is 0.632. The molecule has 0 aliphatic heterocycles. The summed E-state index contributed by atoms with van der Waals surface area (Å²) >= 11 is 0. The van der Waals surface area contributed by atoms with Crippen molar-refractivity contribution in [2.75, 3.05) is 6.54 Å². The van der Waals surface area contributed by atoms with Gasteiger partial charge in [-0.1, -0.05) is 53.7 Å². The summed E-state index contributed by atoms with van der Waals surface area (Å²) in [5.74, 6) is 1.52. The molecule has 1 rings (SSSR count). The van der Waals surface area contributed by atoms with E-state index in [1.165, 1.54) is 22.3 Å². The Kier molecular flexibility index (Phi) is 6.42. The summed E-state index contributed by atoms with van der Waals surface area (Å²) in [7, 11) is 0. The lowest BCUT2D eigenvalue weighted by Gasteiger charge is -2.27. The Morgan fingerprint density at radius 2 is 1.38 bits per heavy atom. The van der Waals surface area contributed by atoms with Crippen molar-refractivity contribution in [1.82, 2.24) is 5.32 Å². The van der Waals surface area contributed by atoms with Gasteiger partial charge in [-0.3, -0.25) is 5.32 Å². The Balaban J connectivity index is 3.46. The first-order chi connectivity index (χ1) is 9.79. The molecule has 0 spiro atoms. The van der Waals surface area contributed by atoms with Gasteiger partial charge in [0, 0.05) is 6.04 Å². The van der Waals surface area contributed by atoms with Gasteiger partial charge in [0.2, 0.25) is 0 Å². The topological polar surface area (TPSA) is 35.8 Å². The molecule has 1 atom stereocenters. The Morgan fingerprint density at radius 1 is 0.905 bits per heavy atom. The van der Waals surface area contributed by atoms with Gasteiger partial charge in [0.15, 0.2) is 0 Å². The van der Waals surface area contributed by atoms with Crippen molar-refractivity contribution >= 4 is 0 Å². The second kappa shape index (κ2) is 7.61. The number of nitrogens with one attached hydrogen (secondary N) is 1. The van der Waals surface area contributed by atoms with Crippen LogP contribution in [0.15, 0.2) is 12.1 Å². The smallest absolute Gasteiger partial charge is 0.0845 e. The fourth-order valence-electron chi connectivity index (χ4n) is 2.81. The van der Waals surface area contributed by atoms with Crippen LogP contribution in [0.1, 0.15) is 94.5 Å². The lowest BCUT2D eigenvalue weighted by atomic mass is 9.82. The van der Waals surface area contributed by atoms with Gasteiger partial charge < -0.3 is 0 Å². The molecule has 0 bridgehead atoms. The zero-order valence-corrected chi connectivity index (χ0v) is 14.6. The normalized spacial score (nSPS) is 13.0. The van der Waals surface area contributed by atoms with Crippen LogP contribution in [-0.2, 0) is 0 Å². The Hall–Kier alpha value is -1.33. The van der Waals surface area contributed by atoms with Crippen molar-refractivity contribution in [2.45, 2.75) is 72.3 Å². The van der Waals surface area contributed by atoms with Crippen molar-refractivity contribution in [3.63, 3.8) is 0 Å². The van der Waals surface area contributed by atoms with E-state index < -0.39 is 0 Å². The highest BCUT2D eigenvalue weighted by Gasteiger charge is 2.20. The zero-order valence-electron chi connectivity index (χ0n) is 14.6. The Bertz CT molecular complexity index is 478. The van der Waals surface area contributed by atoms with Crippen molar-refractivity contribution in [1.29, 1.82) is 5.26 Å². The molecule has 0 heterocycles. The monoisotopic (exact) mass is 286 g/mol. The van der Waals surface area contributed by atoms with E-state index in [1.54, 1.807) is 0 Å². The molecular formula is C19H30N2. The maximum absolute atomic E-state index is 8.82. The Labute approximate surface area is 130 Å². The maximum atomic E-state index is 8.82. The number of hydrogen-bond acceptors (Lipinski definition) is 2. The number of rotatable bonds is 6. The summed E-state index contributed by atoms with van der Waals surface area (Å²) in [4.78, 5) is 0. The van der Waals surface area contributed by atoms with Crippen LogP contribution in [0.5, 0.6) is 0 Å². The number of nitrogens with zero attached hydrogens (tertiary/aromatic N) is 1. The predicted octanol–water partition coefficient (Wildman–Crippen LogP) is 5.23. The van der Waals surface area contributed by atoms with Crippen molar-refractivity contribution in [2.24, 2.45) is 0 Å². The summed E-state index contributed by atoms with van der Waals surface area (Å²) in [6.07, 6.45) is 0. The molecule has 21 heavy (non-hydrogen) atoms. The first kappa shape index (κ1) is 17.7. The van der Waals surface area contributed by atoms with Crippen LogP contribution in [-0.4, -0.2) is 6.54 Å². The average molecular weight is 286 g/mol. The Morgan fingerprint density at radius 3 is 1.71 bits per heavy atom. The minimum Gasteiger partial charge on any atom is -0.298 e. The van der Waals surface area contributed by atoms with Gasteiger partial charge >= 0.3 is 0 Å². The molecule has 0 amide bonds. The fourth-order valence-corrected chi connectivity index (χ4v) is 2.81. The lowest BCUT2D eigenvalue weighted by Crippen LogP contribution is -2.22. The van der Waals surface area contributed by atoms with E-state index in [2.05, 4.69) is 72.0 Å². The molecule has 0 aliphatic rings. The summed E-state index contributed by atoms with van der Waals surface area (Å²) < 4.78 is 0. The summed E-state index contributed by atoms with van der Waals surface area (Å²) in [5.41, 5.74) is 5.64. The minimum atomic E-state index is 0.209. The maximum Gasteiger partial charge on any atom is 0.0845 e. The molecule has 0 aromatic heterocycles. The third kappa shape index (κ3) is 4.32. The molecular weight excluding hydrogens is 256 g/mol. The van der Waals surface area contributed by atoms with Crippen molar-refractivity contribution < 1.29 is 0 Å². The molecule has 2 heteroatoms. The van der Waals surface area contributed by atoms with Crippen LogP contribution in [0, 0.1) is 11.3 Å². The minimum absolute atomic E-state index is 0.209. The van der Waals surface area contributed by atoms with Crippen LogP contribution < -0.4 is 5.32 Å². The highest BCUT2D eigenvalue weighted by molar-refractivity contribution is 5.45. The van der Waals surface area contributed by atoms with E-state index >= 15 is 0 Å². The van der Waals surface area contributed by atoms with Crippen LogP contribution in [0.3, 0.4) is 0 Å². The van der Waals surface area contributed by atoms with Crippen LogP contribution >= 0.6 is 0 Å². The average Bonchev–Trinajstić information content (AvgIpc) is 2.42. The molecule has 1 aromatic rings. The van der Waals surface area contributed by atoms with E-state index in [1.807, 2.05) is 0 Å². The first-order valence-corrected chi connectivity index (χ1v) is 8.07. The number of benzene rings is 1. The third-order valence-corrected chi connectivity index (χ3v) is 4.10. The third-order valence-electron chi connectivity index (χ3n) is 4.10. The van der Waals surface area contributed by atoms with E-state index in [-0.39, 0.29) is 6.04 Å². The van der Waals surface area contributed by atoms with E-state index in [0.717, 1.165) is 0 Å². The van der Waals surface area contributed by atoms with Gasteiger partial charge in [0.05, 0.1) is 12.6 Å². The van der Waals surface area contributed by atoms with Gasteiger partial charge in [0.1, 0.15) is 0 Å². The van der Waals surface area contributed by atoms with Crippen LogP contribution in [0.25, 0.3) is 0 Å². The first-order valence-electron chi connectivity index (χ1n) is 8.07. The van der Waals surface area contributed by atoms with E-state index in [9.17, 15) is 0 Å². The van der Waals surface area contributed by atoms with E-state index in [4.69, 9.17) is 5.26 Å².